The average molecular weight is 314 g/mol. The van der Waals surface area contributed by atoms with Crippen LogP contribution in [0, 0.1) is 13.8 Å². The van der Waals surface area contributed by atoms with Crippen LogP contribution in [0.25, 0.3) is 0 Å². The number of ether oxygens (including phenoxy) is 1. The van der Waals surface area contributed by atoms with Gasteiger partial charge >= 0.3 is 0 Å². The summed E-state index contributed by atoms with van der Waals surface area (Å²) in [4.78, 5) is 18.5. The molecule has 0 atom stereocenters. The number of aromatic nitrogens is 1. The van der Waals surface area contributed by atoms with E-state index in [0.29, 0.717) is 23.3 Å². The fourth-order valence-corrected chi connectivity index (χ4v) is 3.13. The van der Waals surface area contributed by atoms with E-state index in [0.717, 1.165) is 18.6 Å². The van der Waals surface area contributed by atoms with Gasteiger partial charge in [0.25, 0.3) is 5.91 Å². The van der Waals surface area contributed by atoms with Crippen molar-refractivity contribution >= 4 is 5.91 Å². The third-order valence-corrected chi connectivity index (χ3v) is 4.65. The molecule has 3 rings (SSSR count). The summed E-state index contributed by atoms with van der Waals surface area (Å²) < 4.78 is 10.6. The van der Waals surface area contributed by atoms with Crippen LogP contribution >= 0.6 is 0 Å². The number of aryl methyl sites for hydroxylation is 2. The van der Waals surface area contributed by atoms with Crippen molar-refractivity contribution in [1.82, 2.24) is 9.88 Å². The van der Waals surface area contributed by atoms with Crippen molar-refractivity contribution in [3.63, 3.8) is 0 Å². The highest BCUT2D eigenvalue weighted by molar-refractivity contribution is 5.93. The first-order valence-electron chi connectivity index (χ1n) is 7.84. The third-order valence-electron chi connectivity index (χ3n) is 4.65. The monoisotopic (exact) mass is 314 g/mol. The van der Waals surface area contributed by atoms with E-state index in [1.165, 1.54) is 5.56 Å². The lowest BCUT2D eigenvalue weighted by atomic mass is 9.75. The Balaban J connectivity index is 1.64. The molecule has 0 bridgehead atoms. The summed E-state index contributed by atoms with van der Waals surface area (Å²) in [7, 11) is 3.52. The number of carbonyl (C=O) groups is 1. The zero-order valence-corrected chi connectivity index (χ0v) is 14.0. The molecule has 1 saturated carbocycles. The maximum absolute atomic E-state index is 12.5. The number of methoxy groups -OCH3 is 1. The Morgan fingerprint density at radius 3 is 2.70 bits per heavy atom. The van der Waals surface area contributed by atoms with E-state index in [1.54, 1.807) is 25.9 Å². The normalized spacial score (nSPS) is 20.0. The standard InChI is InChI=1S/C18H22N2O3/c1-11-17(19-12(2)23-11)18(21)20(3)15-8-14(9-15)13-6-5-7-16(10-13)22-4/h5-7,10,14-15H,8-9H2,1-4H3. The Morgan fingerprint density at radius 1 is 1.35 bits per heavy atom. The van der Waals surface area contributed by atoms with Gasteiger partial charge in [-0.1, -0.05) is 12.1 Å². The maximum atomic E-state index is 12.5. The molecule has 0 spiro atoms. The van der Waals surface area contributed by atoms with E-state index < -0.39 is 0 Å². The van der Waals surface area contributed by atoms with Crippen molar-refractivity contribution < 1.29 is 13.9 Å². The first-order valence-corrected chi connectivity index (χ1v) is 7.84. The van der Waals surface area contributed by atoms with Crippen LogP contribution in [0.5, 0.6) is 5.75 Å². The van der Waals surface area contributed by atoms with Gasteiger partial charge < -0.3 is 14.1 Å². The zero-order chi connectivity index (χ0) is 16.6. The molecule has 5 heteroatoms. The van der Waals surface area contributed by atoms with Crippen molar-refractivity contribution in [2.75, 3.05) is 14.2 Å². The van der Waals surface area contributed by atoms with Gasteiger partial charge in [0, 0.05) is 20.0 Å². The van der Waals surface area contributed by atoms with Gasteiger partial charge in [-0.2, -0.15) is 0 Å². The predicted octanol–water partition coefficient (Wildman–Crippen LogP) is 3.32. The molecule has 0 saturated heterocycles. The van der Waals surface area contributed by atoms with Gasteiger partial charge in [0.15, 0.2) is 11.6 Å². The summed E-state index contributed by atoms with van der Waals surface area (Å²) in [6, 6.07) is 8.41. The number of oxazole rings is 1. The molecule has 1 heterocycles. The molecule has 2 aromatic rings. The van der Waals surface area contributed by atoms with Gasteiger partial charge in [0.2, 0.25) is 0 Å². The van der Waals surface area contributed by atoms with E-state index in [2.05, 4.69) is 17.1 Å². The zero-order valence-electron chi connectivity index (χ0n) is 14.0. The fourth-order valence-electron chi connectivity index (χ4n) is 3.13. The molecular weight excluding hydrogens is 292 g/mol. The van der Waals surface area contributed by atoms with Gasteiger partial charge in [0.1, 0.15) is 11.5 Å². The molecule has 5 nitrogen and oxygen atoms in total. The average Bonchev–Trinajstić information content (AvgIpc) is 2.83. The van der Waals surface area contributed by atoms with Crippen molar-refractivity contribution in [2.24, 2.45) is 0 Å². The second kappa shape index (κ2) is 6.07. The van der Waals surface area contributed by atoms with Crippen molar-refractivity contribution in [3.8, 4) is 5.75 Å². The van der Waals surface area contributed by atoms with Gasteiger partial charge in [-0.3, -0.25) is 4.79 Å². The number of rotatable bonds is 4. The smallest absolute Gasteiger partial charge is 0.276 e. The van der Waals surface area contributed by atoms with Crippen molar-refractivity contribution in [1.29, 1.82) is 0 Å². The van der Waals surface area contributed by atoms with Crippen molar-refractivity contribution in [3.05, 3.63) is 47.2 Å². The summed E-state index contributed by atoms with van der Waals surface area (Å²) in [5.74, 6) is 2.41. The molecule has 0 aliphatic heterocycles. The lowest BCUT2D eigenvalue weighted by molar-refractivity contribution is 0.0613. The first kappa shape index (κ1) is 15.6. The lowest BCUT2D eigenvalue weighted by Crippen LogP contribution is -2.45. The summed E-state index contributed by atoms with van der Waals surface area (Å²) in [6.07, 6.45) is 1.93. The van der Waals surface area contributed by atoms with E-state index in [4.69, 9.17) is 9.15 Å². The van der Waals surface area contributed by atoms with Crippen LogP contribution < -0.4 is 4.74 Å². The maximum Gasteiger partial charge on any atom is 0.276 e. The number of nitrogens with zero attached hydrogens (tertiary/aromatic N) is 2. The second-order valence-corrected chi connectivity index (χ2v) is 6.15. The fraction of sp³-hybridized carbons (Fsp3) is 0.444. The number of hydrogen-bond donors (Lipinski definition) is 0. The molecule has 1 aromatic heterocycles. The highest BCUT2D eigenvalue weighted by Crippen LogP contribution is 2.40. The Morgan fingerprint density at radius 2 is 2.09 bits per heavy atom. The Kier molecular flexibility index (Phi) is 4.11. The second-order valence-electron chi connectivity index (χ2n) is 6.15. The summed E-state index contributed by atoms with van der Waals surface area (Å²) >= 11 is 0. The number of amides is 1. The molecule has 1 aliphatic rings. The van der Waals surface area contributed by atoms with Gasteiger partial charge in [-0.25, -0.2) is 4.98 Å². The summed E-state index contributed by atoms with van der Waals surface area (Å²) in [5, 5.41) is 0. The SMILES string of the molecule is COc1cccc(C2CC(N(C)C(=O)c3nc(C)oc3C)C2)c1. The molecule has 1 fully saturated rings. The third kappa shape index (κ3) is 2.96. The molecule has 1 amide bonds. The van der Waals surface area contributed by atoms with Crippen LogP contribution in [0.15, 0.2) is 28.7 Å². The molecular formula is C18H22N2O3. The van der Waals surface area contributed by atoms with Gasteiger partial charge in [0.05, 0.1) is 7.11 Å². The van der Waals surface area contributed by atoms with Gasteiger partial charge in [-0.15, -0.1) is 0 Å². The van der Waals surface area contributed by atoms with Crippen LogP contribution in [-0.2, 0) is 0 Å². The Bertz CT molecular complexity index is 717. The lowest BCUT2D eigenvalue weighted by Gasteiger charge is -2.41. The molecule has 0 unspecified atom stereocenters. The van der Waals surface area contributed by atoms with Crippen LogP contribution in [0.2, 0.25) is 0 Å². The predicted molar refractivity (Wildman–Crippen MR) is 86.8 cm³/mol. The molecule has 23 heavy (non-hydrogen) atoms. The highest BCUT2D eigenvalue weighted by Gasteiger charge is 2.36. The van der Waals surface area contributed by atoms with E-state index in [9.17, 15) is 4.79 Å². The number of hydrogen-bond acceptors (Lipinski definition) is 4. The minimum atomic E-state index is -0.0616. The molecule has 0 radical (unpaired) electrons. The Hall–Kier alpha value is -2.30. The van der Waals surface area contributed by atoms with Crippen LogP contribution in [0.4, 0.5) is 0 Å². The van der Waals surface area contributed by atoms with Crippen molar-refractivity contribution in [2.45, 2.75) is 38.6 Å². The highest BCUT2D eigenvalue weighted by atomic mass is 16.5. The minimum absolute atomic E-state index is 0.0616. The van der Waals surface area contributed by atoms with Crippen LogP contribution in [-0.4, -0.2) is 36.0 Å². The van der Waals surface area contributed by atoms with E-state index in [1.807, 2.05) is 19.2 Å². The summed E-state index contributed by atoms with van der Waals surface area (Å²) in [5.41, 5.74) is 1.70. The molecule has 0 N–H and O–H groups in total. The largest absolute Gasteiger partial charge is 0.497 e. The van der Waals surface area contributed by atoms with E-state index >= 15 is 0 Å². The molecule has 122 valence electrons. The molecule has 1 aliphatic carbocycles. The number of carbonyl (C=O) groups excluding carboxylic acids is 1. The minimum Gasteiger partial charge on any atom is -0.497 e. The number of benzene rings is 1. The topological polar surface area (TPSA) is 55.6 Å². The first-order chi connectivity index (χ1) is 11.0. The van der Waals surface area contributed by atoms with Gasteiger partial charge in [-0.05, 0) is 43.4 Å². The van der Waals surface area contributed by atoms with Crippen LogP contribution in [0.1, 0.15) is 46.5 Å². The Labute approximate surface area is 136 Å². The van der Waals surface area contributed by atoms with E-state index in [-0.39, 0.29) is 11.9 Å². The van der Waals surface area contributed by atoms with Crippen LogP contribution in [0.3, 0.4) is 0 Å². The quantitative estimate of drug-likeness (QED) is 0.868. The summed E-state index contributed by atoms with van der Waals surface area (Å²) in [6.45, 7) is 3.53. The molecule has 1 aromatic carbocycles.